The zero-order chi connectivity index (χ0) is 21.8. The van der Waals surface area contributed by atoms with Gasteiger partial charge in [-0.15, -0.1) is 0 Å². The molecule has 2 N–H and O–H groups in total. The molecule has 1 heterocycles. The topological polar surface area (TPSA) is 81.8 Å². The summed E-state index contributed by atoms with van der Waals surface area (Å²) in [5.74, 6) is 0.0280. The Bertz CT molecular complexity index is 798. The first-order chi connectivity index (χ1) is 15.0. The van der Waals surface area contributed by atoms with Gasteiger partial charge < -0.3 is 10.2 Å². The number of benzene rings is 1. The van der Waals surface area contributed by atoms with Gasteiger partial charge in [-0.25, -0.2) is 4.79 Å². The van der Waals surface area contributed by atoms with Crippen LogP contribution < -0.4 is 10.7 Å². The van der Waals surface area contributed by atoms with E-state index < -0.39 is 11.6 Å². The van der Waals surface area contributed by atoms with Crippen molar-refractivity contribution in [3.8, 4) is 0 Å². The molecule has 2 aliphatic carbocycles. The monoisotopic (exact) mass is 426 g/mol. The van der Waals surface area contributed by atoms with Gasteiger partial charge in [0.05, 0.1) is 0 Å². The van der Waals surface area contributed by atoms with Gasteiger partial charge in [0.15, 0.2) is 0 Å². The maximum absolute atomic E-state index is 12.8. The number of urea groups is 1. The van der Waals surface area contributed by atoms with E-state index in [2.05, 4.69) is 53.0 Å². The molecule has 168 valence electrons. The molecule has 0 aromatic heterocycles. The number of nitrogens with zero attached hydrogens (tertiary/aromatic N) is 2. The molecule has 4 amide bonds. The highest BCUT2D eigenvalue weighted by Gasteiger charge is 2.52. The van der Waals surface area contributed by atoms with Gasteiger partial charge in [0, 0.05) is 19.0 Å². The lowest BCUT2D eigenvalue weighted by Gasteiger charge is -2.35. The standard InChI is InChI=1S/C24H34N4O3/c1-27(20-12-10-19(11-13-20)18-8-4-2-5-9-18)17-14-21(29)26-28-22(30)24(25-23(28)31)15-6-3-7-16-24/h2,4-5,8-9,19-20H,3,6-7,10-17H2,1H3,(H,25,31)(H,26,29). The van der Waals surface area contributed by atoms with E-state index in [0.29, 0.717) is 31.3 Å². The average Bonchev–Trinajstić information content (AvgIpc) is 3.02. The Balaban J connectivity index is 1.22. The van der Waals surface area contributed by atoms with Crippen molar-refractivity contribution in [1.29, 1.82) is 0 Å². The molecule has 1 aliphatic heterocycles. The van der Waals surface area contributed by atoms with Gasteiger partial charge in [0.25, 0.3) is 5.91 Å². The van der Waals surface area contributed by atoms with Gasteiger partial charge in [-0.3, -0.25) is 15.0 Å². The molecular formula is C24H34N4O3. The van der Waals surface area contributed by atoms with E-state index in [1.807, 2.05) is 0 Å². The van der Waals surface area contributed by atoms with Crippen LogP contribution in [-0.4, -0.2) is 52.9 Å². The normalized spacial score (nSPS) is 25.7. The summed E-state index contributed by atoms with van der Waals surface area (Å²) in [6.45, 7) is 0.612. The van der Waals surface area contributed by atoms with Crippen molar-refractivity contribution >= 4 is 17.8 Å². The summed E-state index contributed by atoms with van der Waals surface area (Å²) in [5, 5.41) is 3.72. The Morgan fingerprint density at radius 3 is 2.45 bits per heavy atom. The van der Waals surface area contributed by atoms with E-state index in [9.17, 15) is 14.4 Å². The van der Waals surface area contributed by atoms with Gasteiger partial charge in [-0.05, 0) is 57.1 Å². The number of hydrazine groups is 1. The highest BCUT2D eigenvalue weighted by Crippen LogP contribution is 2.35. The van der Waals surface area contributed by atoms with Crippen molar-refractivity contribution in [2.45, 2.75) is 81.7 Å². The van der Waals surface area contributed by atoms with Crippen LogP contribution in [0.25, 0.3) is 0 Å². The van der Waals surface area contributed by atoms with E-state index in [4.69, 9.17) is 0 Å². The zero-order valence-corrected chi connectivity index (χ0v) is 18.4. The van der Waals surface area contributed by atoms with E-state index in [-0.39, 0.29) is 18.2 Å². The van der Waals surface area contributed by atoms with Crippen molar-refractivity contribution in [1.82, 2.24) is 20.7 Å². The summed E-state index contributed by atoms with van der Waals surface area (Å²) in [6.07, 6.45) is 9.05. The quantitative estimate of drug-likeness (QED) is 0.684. The van der Waals surface area contributed by atoms with Gasteiger partial charge in [0.1, 0.15) is 5.54 Å². The SMILES string of the molecule is CN(CCC(=O)NN1C(=O)NC2(CCCCC2)C1=O)C1CCC(c2ccccc2)CC1. The summed E-state index contributed by atoms with van der Waals surface area (Å²) in [4.78, 5) is 39.8. The first-order valence-corrected chi connectivity index (χ1v) is 11.7. The molecular weight excluding hydrogens is 392 g/mol. The fourth-order valence-electron chi connectivity index (χ4n) is 5.43. The second-order valence-corrected chi connectivity index (χ2v) is 9.40. The lowest BCUT2D eigenvalue weighted by atomic mass is 9.81. The molecule has 0 radical (unpaired) electrons. The van der Waals surface area contributed by atoms with Crippen molar-refractivity contribution < 1.29 is 14.4 Å². The molecule has 1 saturated heterocycles. The largest absolute Gasteiger partial charge is 0.344 e. The third-order valence-corrected chi connectivity index (χ3v) is 7.39. The van der Waals surface area contributed by atoms with Crippen LogP contribution in [0.15, 0.2) is 30.3 Å². The predicted molar refractivity (Wildman–Crippen MR) is 118 cm³/mol. The third kappa shape index (κ3) is 4.76. The van der Waals surface area contributed by atoms with Crippen LogP contribution >= 0.6 is 0 Å². The highest BCUT2D eigenvalue weighted by molar-refractivity contribution is 6.08. The highest BCUT2D eigenvalue weighted by atomic mass is 16.2. The minimum atomic E-state index is -0.809. The maximum Gasteiger partial charge on any atom is 0.344 e. The first-order valence-electron chi connectivity index (χ1n) is 11.7. The summed E-state index contributed by atoms with van der Waals surface area (Å²) in [6, 6.07) is 10.7. The van der Waals surface area contributed by atoms with Crippen molar-refractivity contribution in [3.05, 3.63) is 35.9 Å². The lowest BCUT2D eigenvalue weighted by molar-refractivity contribution is -0.140. The molecule has 0 bridgehead atoms. The Labute approximate surface area is 184 Å². The second kappa shape index (κ2) is 9.39. The fraction of sp³-hybridized carbons (Fsp3) is 0.625. The van der Waals surface area contributed by atoms with Crippen LogP contribution in [0.5, 0.6) is 0 Å². The third-order valence-electron chi connectivity index (χ3n) is 7.39. The fourth-order valence-corrected chi connectivity index (χ4v) is 5.43. The number of hydrogen-bond donors (Lipinski definition) is 2. The van der Waals surface area contributed by atoms with Gasteiger partial charge >= 0.3 is 6.03 Å². The zero-order valence-electron chi connectivity index (χ0n) is 18.4. The minimum absolute atomic E-state index is 0.263. The van der Waals surface area contributed by atoms with Crippen molar-refractivity contribution in [2.24, 2.45) is 0 Å². The van der Waals surface area contributed by atoms with Crippen molar-refractivity contribution in [3.63, 3.8) is 0 Å². The average molecular weight is 427 g/mol. The molecule has 3 aliphatic rings. The Morgan fingerprint density at radius 2 is 1.77 bits per heavy atom. The molecule has 2 saturated carbocycles. The van der Waals surface area contributed by atoms with Crippen LogP contribution in [0.1, 0.15) is 75.7 Å². The van der Waals surface area contributed by atoms with Crippen LogP contribution in [0.2, 0.25) is 0 Å². The Hall–Kier alpha value is -2.41. The number of carbonyl (C=O) groups excluding carboxylic acids is 3. The molecule has 1 aromatic rings. The summed E-state index contributed by atoms with van der Waals surface area (Å²) >= 11 is 0. The molecule has 31 heavy (non-hydrogen) atoms. The summed E-state index contributed by atoms with van der Waals surface area (Å²) in [5.41, 5.74) is 3.16. The lowest BCUT2D eigenvalue weighted by Crippen LogP contribution is -2.51. The molecule has 0 atom stereocenters. The summed E-state index contributed by atoms with van der Waals surface area (Å²) in [7, 11) is 2.06. The van der Waals surface area contributed by atoms with E-state index in [1.54, 1.807) is 0 Å². The maximum atomic E-state index is 12.8. The van der Waals surface area contributed by atoms with Crippen LogP contribution in [0, 0.1) is 0 Å². The van der Waals surface area contributed by atoms with Crippen LogP contribution in [0.4, 0.5) is 4.79 Å². The molecule has 3 fully saturated rings. The van der Waals surface area contributed by atoms with Gasteiger partial charge in [0.2, 0.25) is 5.91 Å². The van der Waals surface area contributed by atoms with Gasteiger partial charge in [-0.1, -0.05) is 49.6 Å². The number of imide groups is 1. The molecule has 7 heteroatoms. The minimum Gasteiger partial charge on any atom is -0.322 e. The van der Waals surface area contributed by atoms with Crippen molar-refractivity contribution in [2.75, 3.05) is 13.6 Å². The number of nitrogens with one attached hydrogen (secondary N) is 2. The smallest absolute Gasteiger partial charge is 0.322 e. The predicted octanol–water partition coefficient (Wildman–Crippen LogP) is 3.32. The number of hydrogen-bond acceptors (Lipinski definition) is 4. The molecule has 0 unspecified atom stereocenters. The number of carbonyl (C=O) groups is 3. The van der Waals surface area contributed by atoms with Crippen LogP contribution in [0.3, 0.4) is 0 Å². The number of rotatable bonds is 6. The number of amides is 4. The van der Waals surface area contributed by atoms with E-state index in [1.165, 1.54) is 5.56 Å². The Kier molecular flexibility index (Phi) is 6.60. The molecule has 4 rings (SSSR count). The Morgan fingerprint density at radius 1 is 1.10 bits per heavy atom. The van der Waals surface area contributed by atoms with E-state index >= 15 is 0 Å². The van der Waals surface area contributed by atoms with E-state index in [0.717, 1.165) is 50.0 Å². The first kappa shape index (κ1) is 21.8. The summed E-state index contributed by atoms with van der Waals surface area (Å²) < 4.78 is 0. The van der Waals surface area contributed by atoms with Crippen LogP contribution in [-0.2, 0) is 9.59 Å². The van der Waals surface area contributed by atoms with Gasteiger partial charge in [-0.2, -0.15) is 5.01 Å². The second-order valence-electron chi connectivity index (χ2n) is 9.40. The molecule has 1 aromatic carbocycles. The molecule has 7 nitrogen and oxygen atoms in total. The molecule has 1 spiro atoms.